The first-order valence-electron chi connectivity index (χ1n) is 5.40. The maximum Gasteiger partial charge on any atom is 0.252 e. The summed E-state index contributed by atoms with van der Waals surface area (Å²) in [5.41, 5.74) is 0.357. The smallest absolute Gasteiger partial charge is 0.252 e. The summed E-state index contributed by atoms with van der Waals surface area (Å²) in [4.78, 5) is 11.7. The van der Waals surface area contributed by atoms with Crippen molar-refractivity contribution in [3.05, 3.63) is 34.1 Å². The molecule has 86 valence electrons. The third-order valence-corrected chi connectivity index (χ3v) is 3.54. The second kappa shape index (κ2) is 4.95. The summed E-state index contributed by atoms with van der Waals surface area (Å²) < 4.78 is 13.4. The number of halogens is 2. The Balaban J connectivity index is 1.93. The molecule has 0 heterocycles. The van der Waals surface area contributed by atoms with E-state index in [1.165, 1.54) is 25.0 Å². The molecule has 0 atom stereocenters. The molecule has 16 heavy (non-hydrogen) atoms. The minimum atomic E-state index is -0.408. The van der Waals surface area contributed by atoms with Crippen molar-refractivity contribution in [2.45, 2.75) is 19.3 Å². The van der Waals surface area contributed by atoms with Crippen molar-refractivity contribution < 1.29 is 9.18 Å². The minimum absolute atomic E-state index is 0.216. The molecule has 1 amide bonds. The average molecular weight is 286 g/mol. The Kier molecular flexibility index (Phi) is 3.59. The number of hydrogen-bond donors (Lipinski definition) is 1. The van der Waals surface area contributed by atoms with Gasteiger partial charge in [0.15, 0.2) is 0 Å². The normalized spacial score (nSPS) is 14.9. The molecule has 2 rings (SSSR count). The second-order valence-electron chi connectivity index (χ2n) is 4.09. The first-order valence-corrected chi connectivity index (χ1v) is 6.20. The summed E-state index contributed by atoms with van der Waals surface area (Å²) in [6.45, 7) is 0.673. The van der Waals surface area contributed by atoms with Crippen molar-refractivity contribution >= 4 is 21.8 Å². The average Bonchev–Trinajstić information content (AvgIpc) is 3.06. The molecule has 1 saturated carbocycles. The fourth-order valence-electron chi connectivity index (χ4n) is 1.57. The lowest BCUT2D eigenvalue weighted by Crippen LogP contribution is -2.25. The molecule has 1 fully saturated rings. The Bertz CT molecular complexity index is 404. The first kappa shape index (κ1) is 11.6. The van der Waals surface area contributed by atoms with Gasteiger partial charge >= 0.3 is 0 Å². The fourth-order valence-corrected chi connectivity index (χ4v) is 2.02. The summed E-state index contributed by atoms with van der Waals surface area (Å²) in [5.74, 6) is 0.165. The highest BCUT2D eigenvalue weighted by Crippen LogP contribution is 2.31. The molecule has 0 radical (unpaired) electrons. The molecule has 0 spiro atoms. The minimum Gasteiger partial charge on any atom is -0.352 e. The lowest BCUT2D eigenvalue weighted by Gasteiger charge is -2.06. The van der Waals surface area contributed by atoms with Gasteiger partial charge in [-0.2, -0.15) is 0 Å². The van der Waals surface area contributed by atoms with Gasteiger partial charge in [0.1, 0.15) is 5.82 Å². The molecule has 1 aliphatic carbocycles. The standard InChI is InChI=1S/C12H13BrFNO/c13-11-9(2-1-3-10(11)14)12(16)15-7-6-8-4-5-8/h1-3,8H,4-7H2,(H,15,16). The molecule has 0 bridgehead atoms. The van der Waals surface area contributed by atoms with Gasteiger partial charge in [-0.05, 0) is 40.4 Å². The van der Waals surface area contributed by atoms with Crippen molar-refractivity contribution in [1.82, 2.24) is 5.32 Å². The van der Waals surface area contributed by atoms with Crippen molar-refractivity contribution in [2.24, 2.45) is 5.92 Å². The number of hydrogen-bond acceptors (Lipinski definition) is 1. The summed E-state index contributed by atoms with van der Waals surface area (Å²) in [6, 6.07) is 4.47. The van der Waals surface area contributed by atoms with Crippen LogP contribution >= 0.6 is 15.9 Å². The monoisotopic (exact) mass is 285 g/mol. The van der Waals surface area contributed by atoms with Gasteiger partial charge in [0, 0.05) is 6.54 Å². The zero-order valence-corrected chi connectivity index (χ0v) is 10.4. The number of nitrogens with one attached hydrogen (secondary N) is 1. The molecule has 0 unspecified atom stereocenters. The van der Waals surface area contributed by atoms with E-state index in [1.54, 1.807) is 6.07 Å². The van der Waals surface area contributed by atoms with E-state index in [0.717, 1.165) is 12.3 Å². The molecule has 4 heteroatoms. The Morgan fingerprint density at radius 3 is 2.94 bits per heavy atom. The molecule has 0 saturated heterocycles. The van der Waals surface area contributed by atoms with E-state index in [2.05, 4.69) is 21.2 Å². The molecular formula is C12H13BrFNO. The zero-order chi connectivity index (χ0) is 11.5. The topological polar surface area (TPSA) is 29.1 Å². The SMILES string of the molecule is O=C(NCCC1CC1)c1cccc(F)c1Br. The Morgan fingerprint density at radius 1 is 1.50 bits per heavy atom. The maximum absolute atomic E-state index is 13.2. The van der Waals surface area contributed by atoms with Crippen LogP contribution < -0.4 is 5.32 Å². The summed E-state index contributed by atoms with van der Waals surface area (Å²) in [7, 11) is 0. The first-order chi connectivity index (χ1) is 7.68. The number of rotatable bonds is 4. The third-order valence-electron chi connectivity index (χ3n) is 2.73. The predicted molar refractivity (Wildman–Crippen MR) is 63.8 cm³/mol. The molecule has 1 N–H and O–H groups in total. The van der Waals surface area contributed by atoms with E-state index >= 15 is 0 Å². The molecule has 0 aromatic heterocycles. The Hall–Kier alpha value is -0.900. The van der Waals surface area contributed by atoms with Gasteiger partial charge in [-0.3, -0.25) is 4.79 Å². The highest BCUT2D eigenvalue weighted by atomic mass is 79.9. The van der Waals surface area contributed by atoms with E-state index < -0.39 is 5.82 Å². The molecule has 0 aliphatic heterocycles. The molecule has 1 aromatic carbocycles. The Labute approximate surface area is 102 Å². The third kappa shape index (κ3) is 2.82. The van der Waals surface area contributed by atoms with E-state index in [9.17, 15) is 9.18 Å². The van der Waals surface area contributed by atoms with Crippen LogP contribution in [-0.4, -0.2) is 12.5 Å². The van der Waals surface area contributed by atoms with Gasteiger partial charge in [0.05, 0.1) is 10.0 Å². The van der Waals surface area contributed by atoms with Crippen LogP contribution in [0.1, 0.15) is 29.6 Å². The molecular weight excluding hydrogens is 273 g/mol. The Morgan fingerprint density at radius 2 is 2.25 bits per heavy atom. The van der Waals surface area contributed by atoms with Crippen LogP contribution in [0.5, 0.6) is 0 Å². The van der Waals surface area contributed by atoms with Crippen LogP contribution in [0.4, 0.5) is 4.39 Å². The summed E-state index contributed by atoms with van der Waals surface area (Å²) >= 11 is 3.08. The lowest BCUT2D eigenvalue weighted by molar-refractivity contribution is 0.0951. The van der Waals surface area contributed by atoms with Gasteiger partial charge in [0.2, 0.25) is 0 Å². The number of amides is 1. The van der Waals surface area contributed by atoms with Crippen molar-refractivity contribution in [3.63, 3.8) is 0 Å². The molecule has 2 nitrogen and oxygen atoms in total. The largest absolute Gasteiger partial charge is 0.352 e. The van der Waals surface area contributed by atoms with Crippen LogP contribution in [0.25, 0.3) is 0 Å². The molecule has 1 aromatic rings. The van der Waals surface area contributed by atoms with E-state index in [1.807, 2.05) is 0 Å². The zero-order valence-electron chi connectivity index (χ0n) is 8.80. The fraction of sp³-hybridized carbons (Fsp3) is 0.417. The van der Waals surface area contributed by atoms with Gasteiger partial charge in [0.25, 0.3) is 5.91 Å². The number of benzene rings is 1. The van der Waals surface area contributed by atoms with Crippen LogP contribution in [0.15, 0.2) is 22.7 Å². The van der Waals surface area contributed by atoms with Gasteiger partial charge < -0.3 is 5.32 Å². The van der Waals surface area contributed by atoms with Crippen LogP contribution in [0.3, 0.4) is 0 Å². The molecule has 1 aliphatic rings. The predicted octanol–water partition coefficient (Wildman–Crippen LogP) is 3.12. The van der Waals surface area contributed by atoms with Gasteiger partial charge in [-0.1, -0.05) is 18.9 Å². The number of carbonyl (C=O) groups is 1. The summed E-state index contributed by atoms with van der Waals surface area (Å²) in [6.07, 6.45) is 3.58. The van der Waals surface area contributed by atoms with Crippen molar-refractivity contribution in [3.8, 4) is 0 Å². The van der Waals surface area contributed by atoms with E-state index in [0.29, 0.717) is 12.1 Å². The highest BCUT2D eigenvalue weighted by Gasteiger charge is 2.21. The van der Waals surface area contributed by atoms with Crippen LogP contribution in [0, 0.1) is 11.7 Å². The quantitative estimate of drug-likeness (QED) is 0.905. The van der Waals surface area contributed by atoms with Crippen LogP contribution in [-0.2, 0) is 0 Å². The van der Waals surface area contributed by atoms with Crippen molar-refractivity contribution in [2.75, 3.05) is 6.54 Å². The second-order valence-corrected chi connectivity index (χ2v) is 4.88. The van der Waals surface area contributed by atoms with Gasteiger partial charge in [-0.25, -0.2) is 4.39 Å². The summed E-state index contributed by atoms with van der Waals surface area (Å²) in [5, 5.41) is 2.80. The highest BCUT2D eigenvalue weighted by molar-refractivity contribution is 9.10. The van der Waals surface area contributed by atoms with Crippen LogP contribution in [0.2, 0.25) is 0 Å². The maximum atomic E-state index is 13.2. The van der Waals surface area contributed by atoms with Crippen molar-refractivity contribution in [1.29, 1.82) is 0 Å². The number of carbonyl (C=O) groups excluding carboxylic acids is 1. The van der Waals surface area contributed by atoms with Gasteiger partial charge in [-0.15, -0.1) is 0 Å². The van der Waals surface area contributed by atoms with E-state index in [-0.39, 0.29) is 10.4 Å². The van der Waals surface area contributed by atoms with E-state index in [4.69, 9.17) is 0 Å². The lowest BCUT2D eigenvalue weighted by atomic mass is 10.2.